The van der Waals surface area contributed by atoms with Crippen LogP contribution < -0.4 is 10.5 Å². The number of nitrogens with zero attached hydrogens (tertiary/aromatic N) is 2. The van der Waals surface area contributed by atoms with Crippen molar-refractivity contribution >= 4 is 0 Å². The summed E-state index contributed by atoms with van der Waals surface area (Å²) in [7, 11) is 0. The Balaban J connectivity index is 2.19. The van der Waals surface area contributed by atoms with E-state index in [1.165, 1.54) is 12.1 Å². The van der Waals surface area contributed by atoms with Gasteiger partial charge in [-0.05, 0) is 30.7 Å². The smallest absolute Gasteiger partial charge is 0.219 e. The van der Waals surface area contributed by atoms with Gasteiger partial charge in [0.05, 0.1) is 11.6 Å². The van der Waals surface area contributed by atoms with Gasteiger partial charge >= 0.3 is 0 Å². The molecule has 2 rings (SSSR count). The highest BCUT2D eigenvalue weighted by Crippen LogP contribution is 2.24. The molecule has 0 bridgehead atoms. The van der Waals surface area contributed by atoms with Gasteiger partial charge in [-0.3, -0.25) is 0 Å². The largest absolute Gasteiger partial charge is 0.436 e. The minimum absolute atomic E-state index is 0.0278. The van der Waals surface area contributed by atoms with Crippen LogP contribution >= 0.6 is 0 Å². The maximum Gasteiger partial charge on any atom is 0.219 e. The second-order valence-electron chi connectivity index (χ2n) is 4.08. The van der Waals surface area contributed by atoms with Gasteiger partial charge in [0.15, 0.2) is 11.6 Å². The Labute approximate surface area is 110 Å². The van der Waals surface area contributed by atoms with E-state index in [1.54, 1.807) is 18.3 Å². The molecule has 4 nitrogen and oxygen atoms in total. The SMILES string of the molecule is C[C@H](N)c1ccc(Oc2ccc(C#N)cc2F)nc1. The fourth-order valence-corrected chi connectivity index (χ4v) is 1.49. The number of aromatic nitrogens is 1. The molecule has 2 aromatic rings. The number of rotatable bonds is 3. The average Bonchev–Trinajstić information content (AvgIpc) is 2.41. The average molecular weight is 257 g/mol. The van der Waals surface area contributed by atoms with Crippen LogP contribution in [-0.2, 0) is 0 Å². The first kappa shape index (κ1) is 13.0. The van der Waals surface area contributed by atoms with E-state index in [2.05, 4.69) is 4.98 Å². The number of hydrogen-bond donors (Lipinski definition) is 1. The summed E-state index contributed by atoms with van der Waals surface area (Å²) >= 11 is 0. The Bertz CT molecular complexity index is 618. The highest BCUT2D eigenvalue weighted by Gasteiger charge is 2.07. The Kier molecular flexibility index (Phi) is 3.74. The first-order valence-corrected chi connectivity index (χ1v) is 5.69. The van der Waals surface area contributed by atoms with Crippen molar-refractivity contribution in [1.82, 2.24) is 4.98 Å². The minimum Gasteiger partial charge on any atom is -0.436 e. The molecule has 1 heterocycles. The number of benzene rings is 1. The molecule has 0 radical (unpaired) electrons. The molecule has 1 aromatic heterocycles. The van der Waals surface area contributed by atoms with Gasteiger partial charge in [0.1, 0.15) is 0 Å². The van der Waals surface area contributed by atoms with E-state index in [9.17, 15) is 4.39 Å². The number of ether oxygens (including phenoxy) is 1. The van der Waals surface area contributed by atoms with Crippen LogP contribution in [0.2, 0.25) is 0 Å². The van der Waals surface area contributed by atoms with Gasteiger partial charge < -0.3 is 10.5 Å². The van der Waals surface area contributed by atoms with E-state index < -0.39 is 5.82 Å². The molecule has 0 aliphatic rings. The molecule has 96 valence electrons. The molecule has 0 aliphatic carbocycles. The Morgan fingerprint density at radius 2 is 2.16 bits per heavy atom. The van der Waals surface area contributed by atoms with Crippen LogP contribution in [-0.4, -0.2) is 4.98 Å². The number of pyridine rings is 1. The molecule has 2 N–H and O–H groups in total. The van der Waals surface area contributed by atoms with Crippen molar-refractivity contribution in [2.45, 2.75) is 13.0 Å². The van der Waals surface area contributed by atoms with Gasteiger partial charge in [-0.15, -0.1) is 0 Å². The van der Waals surface area contributed by atoms with Gasteiger partial charge in [-0.25, -0.2) is 9.37 Å². The normalized spacial score (nSPS) is 11.7. The van der Waals surface area contributed by atoms with Crippen LogP contribution in [0, 0.1) is 17.1 Å². The third-order valence-electron chi connectivity index (χ3n) is 2.56. The molecular weight excluding hydrogens is 245 g/mol. The molecule has 0 amide bonds. The van der Waals surface area contributed by atoms with Crippen molar-refractivity contribution in [2.24, 2.45) is 5.73 Å². The molecule has 0 saturated heterocycles. The summed E-state index contributed by atoms with van der Waals surface area (Å²) in [5, 5.41) is 8.64. The lowest BCUT2D eigenvalue weighted by Gasteiger charge is -2.08. The van der Waals surface area contributed by atoms with Crippen LogP contribution in [0.4, 0.5) is 4.39 Å². The quantitative estimate of drug-likeness (QED) is 0.917. The summed E-state index contributed by atoms with van der Waals surface area (Å²) in [6.07, 6.45) is 1.58. The van der Waals surface area contributed by atoms with Crippen molar-refractivity contribution in [3.05, 3.63) is 53.5 Å². The zero-order valence-corrected chi connectivity index (χ0v) is 10.3. The Morgan fingerprint density at radius 1 is 1.37 bits per heavy atom. The highest BCUT2D eigenvalue weighted by molar-refractivity contribution is 5.37. The van der Waals surface area contributed by atoms with Gasteiger partial charge in [0.2, 0.25) is 5.88 Å². The summed E-state index contributed by atoms with van der Waals surface area (Å²) in [5.41, 5.74) is 6.81. The van der Waals surface area contributed by atoms with Crippen molar-refractivity contribution < 1.29 is 9.13 Å². The van der Waals surface area contributed by atoms with E-state index >= 15 is 0 Å². The summed E-state index contributed by atoms with van der Waals surface area (Å²) < 4.78 is 18.9. The Hall–Kier alpha value is -2.45. The minimum atomic E-state index is -0.600. The van der Waals surface area contributed by atoms with Gasteiger partial charge in [-0.2, -0.15) is 5.26 Å². The molecule has 5 heteroatoms. The maximum atomic E-state index is 13.6. The van der Waals surface area contributed by atoms with Crippen molar-refractivity contribution in [1.29, 1.82) is 5.26 Å². The van der Waals surface area contributed by atoms with Gasteiger partial charge in [0.25, 0.3) is 0 Å². The molecule has 1 aromatic carbocycles. The predicted octanol–water partition coefficient (Wildman–Crippen LogP) is 2.90. The zero-order chi connectivity index (χ0) is 13.8. The fraction of sp³-hybridized carbons (Fsp3) is 0.143. The lowest BCUT2D eigenvalue weighted by Crippen LogP contribution is -2.05. The standard InChI is InChI=1S/C14H12FN3O/c1-9(17)11-3-5-14(18-8-11)19-13-4-2-10(7-16)6-12(13)15/h2-6,8-9H,17H2,1H3/t9-/m0/s1. The molecular formula is C14H12FN3O. The Morgan fingerprint density at radius 3 is 2.68 bits per heavy atom. The van der Waals surface area contributed by atoms with Crippen LogP contribution in [0.25, 0.3) is 0 Å². The molecule has 0 saturated carbocycles. The maximum absolute atomic E-state index is 13.6. The molecule has 19 heavy (non-hydrogen) atoms. The number of nitrogens with two attached hydrogens (primary N) is 1. The van der Waals surface area contributed by atoms with E-state index in [-0.39, 0.29) is 23.2 Å². The molecule has 0 unspecified atom stereocenters. The highest BCUT2D eigenvalue weighted by atomic mass is 19.1. The zero-order valence-electron chi connectivity index (χ0n) is 10.3. The second kappa shape index (κ2) is 5.46. The van der Waals surface area contributed by atoms with Crippen molar-refractivity contribution in [3.63, 3.8) is 0 Å². The van der Waals surface area contributed by atoms with Crippen LogP contribution in [0.15, 0.2) is 36.5 Å². The lowest BCUT2D eigenvalue weighted by atomic mass is 10.2. The molecule has 1 atom stereocenters. The van der Waals surface area contributed by atoms with Crippen LogP contribution in [0.3, 0.4) is 0 Å². The predicted molar refractivity (Wildman–Crippen MR) is 68.0 cm³/mol. The topological polar surface area (TPSA) is 71.9 Å². The van der Waals surface area contributed by atoms with Crippen LogP contribution in [0.5, 0.6) is 11.6 Å². The molecule has 0 aliphatic heterocycles. The first-order valence-electron chi connectivity index (χ1n) is 5.69. The number of nitriles is 1. The third kappa shape index (κ3) is 3.06. The van der Waals surface area contributed by atoms with E-state index in [4.69, 9.17) is 15.7 Å². The summed E-state index contributed by atoms with van der Waals surface area (Å²) in [6, 6.07) is 9.13. The lowest BCUT2D eigenvalue weighted by molar-refractivity contribution is 0.427. The van der Waals surface area contributed by atoms with Crippen molar-refractivity contribution in [3.8, 4) is 17.7 Å². The summed E-state index contributed by atoms with van der Waals surface area (Å²) in [4.78, 5) is 4.05. The molecule has 0 spiro atoms. The molecule has 0 fully saturated rings. The second-order valence-corrected chi connectivity index (χ2v) is 4.08. The number of halogens is 1. The third-order valence-corrected chi connectivity index (χ3v) is 2.56. The van der Waals surface area contributed by atoms with E-state index in [0.717, 1.165) is 11.6 Å². The fourth-order valence-electron chi connectivity index (χ4n) is 1.49. The van der Waals surface area contributed by atoms with Gasteiger partial charge in [0, 0.05) is 18.3 Å². The first-order chi connectivity index (χ1) is 9.10. The number of hydrogen-bond acceptors (Lipinski definition) is 4. The van der Waals surface area contributed by atoms with E-state index in [1.807, 2.05) is 13.0 Å². The monoisotopic (exact) mass is 257 g/mol. The van der Waals surface area contributed by atoms with E-state index in [0.29, 0.717) is 0 Å². The van der Waals surface area contributed by atoms with Gasteiger partial charge in [-0.1, -0.05) is 6.07 Å². The van der Waals surface area contributed by atoms with Crippen molar-refractivity contribution in [2.75, 3.05) is 0 Å². The summed E-state index contributed by atoms with van der Waals surface area (Å²) in [6.45, 7) is 1.85. The van der Waals surface area contributed by atoms with Crippen LogP contribution in [0.1, 0.15) is 24.1 Å². The summed E-state index contributed by atoms with van der Waals surface area (Å²) in [5.74, 6) is -0.301.